The highest BCUT2D eigenvalue weighted by atomic mass is 16.5. The third-order valence-electron chi connectivity index (χ3n) is 3.74. The summed E-state index contributed by atoms with van der Waals surface area (Å²) in [6, 6.07) is 14.1. The van der Waals surface area contributed by atoms with Gasteiger partial charge in [-0.3, -0.25) is 0 Å². The molecule has 0 fully saturated rings. The van der Waals surface area contributed by atoms with E-state index in [-0.39, 0.29) is 0 Å². The van der Waals surface area contributed by atoms with Crippen molar-refractivity contribution in [3.05, 3.63) is 71.7 Å². The zero-order valence-corrected chi connectivity index (χ0v) is 13.1. The lowest BCUT2D eigenvalue weighted by Gasteiger charge is -2.12. The molecule has 22 heavy (non-hydrogen) atoms. The van der Waals surface area contributed by atoms with Gasteiger partial charge in [-0.2, -0.15) is 0 Å². The molecule has 1 aromatic heterocycles. The number of methoxy groups -OCH3 is 1. The Hall–Kier alpha value is -2.68. The molecule has 0 radical (unpaired) electrons. The summed E-state index contributed by atoms with van der Waals surface area (Å²) in [7, 11) is 1.68. The van der Waals surface area contributed by atoms with Gasteiger partial charge in [-0.1, -0.05) is 30.8 Å². The van der Waals surface area contributed by atoms with Gasteiger partial charge in [0.1, 0.15) is 11.6 Å². The Bertz CT molecular complexity index is 868. The second-order valence-electron chi connectivity index (χ2n) is 5.30. The molecule has 110 valence electrons. The SMILES string of the molecule is C=C(c1ccc(OC)c(C)c1)c1nc(C)nc2ccccc12. The minimum absolute atomic E-state index is 0.750. The van der Waals surface area contributed by atoms with Crippen molar-refractivity contribution in [2.45, 2.75) is 13.8 Å². The van der Waals surface area contributed by atoms with Gasteiger partial charge in [-0.25, -0.2) is 9.97 Å². The van der Waals surface area contributed by atoms with Crippen molar-refractivity contribution in [1.82, 2.24) is 9.97 Å². The van der Waals surface area contributed by atoms with E-state index in [1.54, 1.807) is 7.11 Å². The average molecular weight is 290 g/mol. The van der Waals surface area contributed by atoms with Crippen molar-refractivity contribution < 1.29 is 4.74 Å². The van der Waals surface area contributed by atoms with Crippen LogP contribution in [0.2, 0.25) is 0 Å². The summed E-state index contributed by atoms with van der Waals surface area (Å²) in [5.74, 6) is 1.63. The number of rotatable bonds is 3. The number of hydrogen-bond donors (Lipinski definition) is 0. The molecule has 0 amide bonds. The van der Waals surface area contributed by atoms with Crippen LogP contribution in [0.1, 0.15) is 22.6 Å². The molecule has 0 spiro atoms. The Morgan fingerprint density at radius 3 is 2.55 bits per heavy atom. The third-order valence-corrected chi connectivity index (χ3v) is 3.74. The lowest BCUT2D eigenvalue weighted by atomic mass is 9.99. The van der Waals surface area contributed by atoms with E-state index >= 15 is 0 Å². The molecule has 0 bridgehead atoms. The quantitative estimate of drug-likeness (QED) is 0.720. The standard InChI is InChI=1S/C19H18N2O/c1-12-11-15(9-10-18(12)22-4)13(2)19-16-7-5-6-8-17(16)20-14(3)21-19/h5-11H,2H2,1,3-4H3. The summed E-state index contributed by atoms with van der Waals surface area (Å²) < 4.78 is 5.32. The predicted molar refractivity (Wildman–Crippen MR) is 90.1 cm³/mol. The zero-order valence-electron chi connectivity index (χ0n) is 13.1. The molecular weight excluding hydrogens is 272 g/mol. The van der Waals surface area contributed by atoms with E-state index in [0.717, 1.165) is 44.9 Å². The first-order chi connectivity index (χ1) is 10.6. The van der Waals surface area contributed by atoms with Crippen molar-refractivity contribution in [2.75, 3.05) is 7.11 Å². The van der Waals surface area contributed by atoms with Crippen LogP contribution < -0.4 is 4.74 Å². The summed E-state index contributed by atoms with van der Waals surface area (Å²) in [6.45, 7) is 8.18. The number of aromatic nitrogens is 2. The first-order valence-electron chi connectivity index (χ1n) is 7.18. The van der Waals surface area contributed by atoms with Crippen LogP contribution in [0.15, 0.2) is 49.0 Å². The smallest absolute Gasteiger partial charge is 0.126 e. The van der Waals surface area contributed by atoms with Crippen LogP contribution in [0.4, 0.5) is 0 Å². The molecule has 0 N–H and O–H groups in total. The second-order valence-corrected chi connectivity index (χ2v) is 5.30. The molecule has 0 aliphatic heterocycles. The molecule has 3 rings (SSSR count). The number of fused-ring (bicyclic) bond motifs is 1. The summed E-state index contributed by atoms with van der Waals surface area (Å²) in [6.07, 6.45) is 0. The highest BCUT2D eigenvalue weighted by Gasteiger charge is 2.11. The number of hydrogen-bond acceptors (Lipinski definition) is 3. The fraction of sp³-hybridized carbons (Fsp3) is 0.158. The van der Waals surface area contributed by atoms with Gasteiger partial charge in [-0.15, -0.1) is 0 Å². The van der Waals surface area contributed by atoms with Crippen molar-refractivity contribution in [3.8, 4) is 5.75 Å². The Morgan fingerprint density at radius 1 is 1.05 bits per heavy atom. The molecular formula is C19H18N2O. The molecule has 1 heterocycles. The normalized spacial score (nSPS) is 10.7. The highest BCUT2D eigenvalue weighted by Crippen LogP contribution is 2.29. The van der Waals surface area contributed by atoms with Gasteiger partial charge in [-0.05, 0) is 43.2 Å². The monoisotopic (exact) mass is 290 g/mol. The Morgan fingerprint density at radius 2 is 1.82 bits per heavy atom. The number of para-hydroxylation sites is 1. The first-order valence-corrected chi connectivity index (χ1v) is 7.18. The highest BCUT2D eigenvalue weighted by molar-refractivity contribution is 5.93. The third kappa shape index (κ3) is 2.46. The van der Waals surface area contributed by atoms with Gasteiger partial charge in [0.25, 0.3) is 0 Å². The van der Waals surface area contributed by atoms with Gasteiger partial charge in [0, 0.05) is 11.0 Å². The van der Waals surface area contributed by atoms with Crippen molar-refractivity contribution in [1.29, 1.82) is 0 Å². The van der Waals surface area contributed by atoms with Gasteiger partial charge in [0.2, 0.25) is 0 Å². The molecule has 3 nitrogen and oxygen atoms in total. The van der Waals surface area contributed by atoms with E-state index in [0.29, 0.717) is 0 Å². The topological polar surface area (TPSA) is 35.0 Å². The van der Waals surface area contributed by atoms with Crippen LogP contribution in [0.3, 0.4) is 0 Å². The van der Waals surface area contributed by atoms with Gasteiger partial charge in [0.05, 0.1) is 18.3 Å². The summed E-state index contributed by atoms with van der Waals surface area (Å²) in [5.41, 5.74) is 4.84. The van der Waals surface area contributed by atoms with Gasteiger partial charge in [0.15, 0.2) is 0 Å². The van der Waals surface area contributed by atoms with Crippen LogP contribution >= 0.6 is 0 Å². The molecule has 0 unspecified atom stereocenters. The average Bonchev–Trinajstić information content (AvgIpc) is 2.53. The van der Waals surface area contributed by atoms with Crippen molar-refractivity contribution in [2.24, 2.45) is 0 Å². The summed E-state index contributed by atoms with van der Waals surface area (Å²) in [5, 5.41) is 1.02. The lowest BCUT2D eigenvalue weighted by Crippen LogP contribution is -1.98. The fourth-order valence-electron chi connectivity index (χ4n) is 2.63. The molecule has 3 heteroatoms. The minimum atomic E-state index is 0.750. The predicted octanol–water partition coefficient (Wildman–Crippen LogP) is 4.32. The van der Waals surface area contributed by atoms with Crippen LogP contribution in [0, 0.1) is 13.8 Å². The molecule has 0 aliphatic carbocycles. The van der Waals surface area contributed by atoms with Crippen molar-refractivity contribution >= 4 is 16.5 Å². The first kappa shape index (κ1) is 14.3. The van der Waals surface area contributed by atoms with E-state index in [4.69, 9.17) is 4.74 Å². The van der Waals surface area contributed by atoms with E-state index in [2.05, 4.69) is 22.6 Å². The molecule has 3 aromatic rings. The second kappa shape index (κ2) is 5.60. The lowest BCUT2D eigenvalue weighted by molar-refractivity contribution is 0.411. The Balaban J connectivity index is 2.15. The largest absolute Gasteiger partial charge is 0.496 e. The Labute approximate surface area is 130 Å². The molecule has 0 saturated heterocycles. The fourth-order valence-corrected chi connectivity index (χ4v) is 2.63. The number of nitrogens with zero attached hydrogens (tertiary/aromatic N) is 2. The number of benzene rings is 2. The van der Waals surface area contributed by atoms with Crippen LogP contribution in [-0.2, 0) is 0 Å². The zero-order chi connectivity index (χ0) is 15.7. The van der Waals surface area contributed by atoms with E-state index in [1.165, 1.54) is 0 Å². The van der Waals surface area contributed by atoms with Crippen LogP contribution in [-0.4, -0.2) is 17.1 Å². The molecule has 0 atom stereocenters. The minimum Gasteiger partial charge on any atom is -0.496 e. The molecule has 0 aliphatic rings. The van der Waals surface area contributed by atoms with Gasteiger partial charge >= 0.3 is 0 Å². The number of aryl methyl sites for hydroxylation is 2. The van der Waals surface area contributed by atoms with E-state index < -0.39 is 0 Å². The van der Waals surface area contributed by atoms with Crippen LogP contribution in [0.25, 0.3) is 16.5 Å². The Kier molecular flexibility index (Phi) is 3.63. The van der Waals surface area contributed by atoms with E-state index in [9.17, 15) is 0 Å². The molecule has 2 aromatic carbocycles. The summed E-state index contributed by atoms with van der Waals surface area (Å²) >= 11 is 0. The van der Waals surface area contributed by atoms with E-state index in [1.807, 2.05) is 50.2 Å². The van der Waals surface area contributed by atoms with Crippen LogP contribution in [0.5, 0.6) is 5.75 Å². The molecule has 0 saturated carbocycles. The maximum atomic E-state index is 5.32. The maximum Gasteiger partial charge on any atom is 0.126 e. The number of ether oxygens (including phenoxy) is 1. The maximum absolute atomic E-state index is 5.32. The van der Waals surface area contributed by atoms with Crippen molar-refractivity contribution in [3.63, 3.8) is 0 Å². The summed E-state index contributed by atoms with van der Waals surface area (Å²) in [4.78, 5) is 9.09. The van der Waals surface area contributed by atoms with Gasteiger partial charge < -0.3 is 4.74 Å².